The lowest BCUT2D eigenvalue weighted by atomic mass is 9.69. The molecule has 6 rings (SSSR count). The number of methoxy groups -OCH3 is 1. The van der Waals surface area contributed by atoms with E-state index < -0.39 is 0 Å². The third-order valence-electron chi connectivity index (χ3n) is 7.00. The Balaban J connectivity index is 1.29. The zero-order valence-corrected chi connectivity index (χ0v) is 18.1. The second kappa shape index (κ2) is 7.17. The molecule has 1 unspecified atom stereocenters. The van der Waals surface area contributed by atoms with Crippen LogP contribution in [0.25, 0.3) is 0 Å². The molecule has 0 saturated heterocycles. The van der Waals surface area contributed by atoms with E-state index >= 15 is 0 Å². The molecular weight excluding hydrogens is 410 g/mol. The monoisotopic (exact) mass is 435 g/mol. The highest BCUT2D eigenvalue weighted by molar-refractivity contribution is 5.90. The van der Waals surface area contributed by atoms with E-state index in [1.807, 2.05) is 12.1 Å². The number of carbonyl (C=O) groups is 1. The first-order valence-corrected chi connectivity index (χ1v) is 10.9. The van der Waals surface area contributed by atoms with Crippen molar-refractivity contribution >= 4 is 5.97 Å². The van der Waals surface area contributed by atoms with Crippen LogP contribution in [0, 0.1) is 0 Å². The standard InChI is InChI=1S/C25H25NO6/c1-26-10-9-25-8-7-17(31-24(27)15-3-5-18-20(11-15)30-14-29-18)12-21(25)32-23-19(28-2)6-4-16(13-26)22(23)25/h3-8,11,17,21H,9-10,12-14H2,1-2H3/t17?,21-,25-/m0/s1. The van der Waals surface area contributed by atoms with Gasteiger partial charge < -0.3 is 28.6 Å². The maximum Gasteiger partial charge on any atom is 0.338 e. The fourth-order valence-corrected chi connectivity index (χ4v) is 5.38. The van der Waals surface area contributed by atoms with Gasteiger partial charge in [-0.3, -0.25) is 0 Å². The lowest BCUT2D eigenvalue weighted by Crippen LogP contribution is -2.43. The Kier molecular flexibility index (Phi) is 4.37. The van der Waals surface area contributed by atoms with Crippen LogP contribution in [0.1, 0.15) is 34.3 Å². The molecule has 1 spiro atoms. The first-order valence-electron chi connectivity index (χ1n) is 10.9. The highest BCUT2D eigenvalue weighted by Gasteiger charge is 2.53. The average Bonchev–Trinajstić information content (AvgIpc) is 3.36. The quantitative estimate of drug-likeness (QED) is 0.540. The van der Waals surface area contributed by atoms with Crippen LogP contribution in [0.15, 0.2) is 42.5 Å². The van der Waals surface area contributed by atoms with Gasteiger partial charge in [-0.2, -0.15) is 0 Å². The van der Waals surface area contributed by atoms with Gasteiger partial charge in [0.15, 0.2) is 23.0 Å². The van der Waals surface area contributed by atoms with Crippen molar-refractivity contribution in [2.24, 2.45) is 0 Å². The topological polar surface area (TPSA) is 66.5 Å². The summed E-state index contributed by atoms with van der Waals surface area (Å²) in [5.74, 6) is 2.40. The van der Waals surface area contributed by atoms with E-state index in [0.29, 0.717) is 23.5 Å². The number of rotatable bonds is 3. The lowest BCUT2D eigenvalue weighted by Gasteiger charge is -2.36. The summed E-state index contributed by atoms with van der Waals surface area (Å²) in [5.41, 5.74) is 2.70. The van der Waals surface area contributed by atoms with Gasteiger partial charge in [0, 0.05) is 18.5 Å². The smallest absolute Gasteiger partial charge is 0.338 e. The molecule has 0 N–H and O–H groups in total. The molecule has 2 aromatic rings. The maximum absolute atomic E-state index is 12.8. The summed E-state index contributed by atoms with van der Waals surface area (Å²) in [7, 11) is 3.82. The van der Waals surface area contributed by atoms with E-state index in [1.165, 1.54) is 11.1 Å². The first kappa shape index (κ1) is 19.5. The summed E-state index contributed by atoms with van der Waals surface area (Å²) >= 11 is 0. The first-order chi connectivity index (χ1) is 15.6. The van der Waals surface area contributed by atoms with Crippen LogP contribution < -0.4 is 18.9 Å². The summed E-state index contributed by atoms with van der Waals surface area (Å²) < 4.78 is 28.7. The molecule has 2 aromatic carbocycles. The Hall–Kier alpha value is -3.19. The van der Waals surface area contributed by atoms with Crippen molar-refractivity contribution in [3.63, 3.8) is 0 Å². The minimum absolute atomic E-state index is 0.112. The highest BCUT2D eigenvalue weighted by Crippen LogP contribution is 2.55. The van der Waals surface area contributed by atoms with Crippen molar-refractivity contribution in [1.82, 2.24) is 4.90 Å². The van der Waals surface area contributed by atoms with Crippen LogP contribution in [-0.2, 0) is 16.7 Å². The molecule has 166 valence electrons. The molecule has 3 aliphatic heterocycles. The van der Waals surface area contributed by atoms with E-state index in [1.54, 1.807) is 25.3 Å². The minimum Gasteiger partial charge on any atom is -0.493 e. The van der Waals surface area contributed by atoms with Gasteiger partial charge in [-0.25, -0.2) is 4.79 Å². The van der Waals surface area contributed by atoms with Crippen LogP contribution >= 0.6 is 0 Å². The van der Waals surface area contributed by atoms with Gasteiger partial charge in [0.2, 0.25) is 6.79 Å². The van der Waals surface area contributed by atoms with Crippen LogP contribution in [0.2, 0.25) is 0 Å². The maximum atomic E-state index is 12.8. The third-order valence-corrected chi connectivity index (χ3v) is 7.00. The fraction of sp³-hybridized carbons (Fsp3) is 0.400. The molecule has 4 aliphatic rings. The lowest BCUT2D eigenvalue weighted by molar-refractivity contribution is 0.0217. The van der Waals surface area contributed by atoms with E-state index in [2.05, 4.69) is 24.1 Å². The predicted molar refractivity (Wildman–Crippen MR) is 116 cm³/mol. The Morgan fingerprint density at radius 2 is 2.06 bits per heavy atom. The van der Waals surface area contributed by atoms with Crippen LogP contribution in [0.4, 0.5) is 0 Å². The zero-order chi connectivity index (χ0) is 21.9. The number of fused-ring (bicyclic) bond motifs is 1. The number of hydrogen-bond donors (Lipinski definition) is 0. The number of ether oxygens (including phenoxy) is 5. The Morgan fingerprint density at radius 1 is 1.19 bits per heavy atom. The summed E-state index contributed by atoms with van der Waals surface area (Å²) in [6, 6.07) is 9.23. The molecule has 1 aliphatic carbocycles. The van der Waals surface area contributed by atoms with Crippen LogP contribution in [-0.4, -0.2) is 50.6 Å². The van der Waals surface area contributed by atoms with E-state index in [-0.39, 0.29) is 30.4 Å². The van der Waals surface area contributed by atoms with Crippen molar-refractivity contribution in [2.45, 2.75) is 37.0 Å². The second-order valence-electron chi connectivity index (χ2n) is 8.87. The summed E-state index contributed by atoms with van der Waals surface area (Å²) in [6.07, 6.45) is 5.28. The molecule has 3 heterocycles. The number of benzene rings is 2. The van der Waals surface area contributed by atoms with Crippen molar-refractivity contribution < 1.29 is 28.5 Å². The van der Waals surface area contributed by atoms with Gasteiger partial charge in [0.25, 0.3) is 0 Å². The second-order valence-corrected chi connectivity index (χ2v) is 8.87. The van der Waals surface area contributed by atoms with Crippen molar-refractivity contribution in [2.75, 3.05) is 27.5 Å². The predicted octanol–water partition coefficient (Wildman–Crippen LogP) is 3.44. The zero-order valence-electron chi connectivity index (χ0n) is 18.1. The highest BCUT2D eigenvalue weighted by atomic mass is 16.7. The van der Waals surface area contributed by atoms with Gasteiger partial charge in [-0.1, -0.05) is 12.1 Å². The number of esters is 1. The third kappa shape index (κ3) is 2.88. The van der Waals surface area contributed by atoms with E-state index in [4.69, 9.17) is 23.7 Å². The van der Waals surface area contributed by atoms with Crippen molar-refractivity contribution in [1.29, 1.82) is 0 Å². The Labute approximate surface area is 186 Å². The van der Waals surface area contributed by atoms with Crippen molar-refractivity contribution in [3.8, 4) is 23.0 Å². The molecule has 32 heavy (non-hydrogen) atoms. The molecule has 0 saturated carbocycles. The number of nitrogens with zero attached hydrogens (tertiary/aromatic N) is 1. The van der Waals surface area contributed by atoms with Gasteiger partial charge in [0.1, 0.15) is 12.2 Å². The normalized spacial score (nSPS) is 27.2. The molecular formula is C25H25NO6. The molecule has 0 radical (unpaired) electrons. The van der Waals surface area contributed by atoms with Gasteiger partial charge in [-0.05, 0) is 55.9 Å². The van der Waals surface area contributed by atoms with Crippen LogP contribution in [0.3, 0.4) is 0 Å². The molecule has 0 aromatic heterocycles. The molecule has 0 fully saturated rings. The molecule has 7 nitrogen and oxygen atoms in total. The number of hydrogen-bond acceptors (Lipinski definition) is 7. The van der Waals surface area contributed by atoms with Crippen molar-refractivity contribution in [3.05, 3.63) is 59.2 Å². The van der Waals surface area contributed by atoms with Crippen LogP contribution in [0.5, 0.6) is 23.0 Å². The van der Waals surface area contributed by atoms with E-state index in [9.17, 15) is 4.79 Å². The van der Waals surface area contributed by atoms with Gasteiger partial charge in [-0.15, -0.1) is 0 Å². The summed E-state index contributed by atoms with van der Waals surface area (Å²) in [5, 5.41) is 0. The molecule has 0 bridgehead atoms. The molecule has 7 heteroatoms. The molecule has 3 atom stereocenters. The van der Waals surface area contributed by atoms with Gasteiger partial charge >= 0.3 is 5.97 Å². The SMILES string of the molecule is COc1ccc2c3c1O[C@H]1CC(OC(=O)c4ccc5c(c4)OCO5)C=C[C@@]31CCN(C)C2. The average molecular weight is 435 g/mol. The fourth-order valence-electron chi connectivity index (χ4n) is 5.38. The summed E-state index contributed by atoms with van der Waals surface area (Å²) in [6.45, 7) is 2.00. The summed E-state index contributed by atoms with van der Waals surface area (Å²) in [4.78, 5) is 15.2. The van der Waals surface area contributed by atoms with E-state index in [0.717, 1.165) is 31.0 Å². The van der Waals surface area contributed by atoms with Gasteiger partial charge in [0.05, 0.1) is 18.1 Å². The number of carbonyl (C=O) groups excluding carboxylic acids is 1. The largest absolute Gasteiger partial charge is 0.493 e. The minimum atomic E-state index is -0.386. The Morgan fingerprint density at radius 3 is 2.94 bits per heavy atom. The molecule has 0 amide bonds. The Bertz CT molecular complexity index is 1130.